The summed E-state index contributed by atoms with van der Waals surface area (Å²) in [6.07, 6.45) is 2.83. The van der Waals surface area contributed by atoms with Crippen molar-refractivity contribution < 1.29 is 14.6 Å². The Morgan fingerprint density at radius 2 is 2.25 bits per heavy atom. The lowest BCUT2D eigenvalue weighted by Crippen LogP contribution is -2.23. The zero-order chi connectivity index (χ0) is 9.40. The molecule has 0 fully saturated rings. The van der Waals surface area contributed by atoms with Crippen LogP contribution in [0.2, 0.25) is 0 Å². The fourth-order valence-corrected chi connectivity index (χ4v) is 0.869. The zero-order valence-corrected chi connectivity index (χ0v) is 7.45. The predicted molar refractivity (Wildman–Crippen MR) is 45.5 cm³/mol. The van der Waals surface area contributed by atoms with Crippen molar-refractivity contribution in [2.45, 2.75) is 31.7 Å². The van der Waals surface area contributed by atoms with E-state index in [0.717, 1.165) is 19.3 Å². The Labute approximate surface area is 72.7 Å². The minimum Gasteiger partial charge on any atom is -0.469 e. The number of rotatable bonds is 6. The molecule has 0 rings (SSSR count). The van der Waals surface area contributed by atoms with Crippen LogP contribution in [0.25, 0.3) is 0 Å². The molecule has 0 aromatic carbocycles. The van der Waals surface area contributed by atoms with Crippen LogP contribution in [0.15, 0.2) is 0 Å². The van der Waals surface area contributed by atoms with Gasteiger partial charge < -0.3 is 15.6 Å². The minimum atomic E-state index is -0.187. The summed E-state index contributed by atoms with van der Waals surface area (Å²) in [4.78, 5) is 10.6. The van der Waals surface area contributed by atoms with Crippen molar-refractivity contribution in [1.29, 1.82) is 0 Å². The normalized spacial score (nSPS) is 12.6. The molecule has 0 heterocycles. The third-order valence-electron chi connectivity index (χ3n) is 1.67. The van der Waals surface area contributed by atoms with Gasteiger partial charge in [-0.25, -0.2) is 0 Å². The lowest BCUT2D eigenvalue weighted by atomic mass is 10.1. The molecule has 0 amide bonds. The first-order valence-corrected chi connectivity index (χ1v) is 4.14. The molecule has 0 spiro atoms. The molecule has 1 atom stereocenters. The first-order chi connectivity index (χ1) is 5.70. The van der Waals surface area contributed by atoms with Crippen molar-refractivity contribution in [3.63, 3.8) is 0 Å². The quantitative estimate of drug-likeness (QED) is 0.441. The maximum absolute atomic E-state index is 10.6. The number of ether oxygens (including phenoxy) is 1. The molecule has 72 valence electrons. The van der Waals surface area contributed by atoms with Gasteiger partial charge in [0.25, 0.3) is 0 Å². The number of unbranched alkanes of at least 4 members (excludes halogenated alkanes) is 1. The third kappa shape index (κ3) is 6.12. The monoisotopic (exact) mass is 175 g/mol. The van der Waals surface area contributed by atoms with Gasteiger partial charge in [0.2, 0.25) is 0 Å². The first kappa shape index (κ1) is 11.4. The average molecular weight is 175 g/mol. The molecule has 4 heteroatoms. The number of hydrogen-bond acceptors (Lipinski definition) is 4. The van der Waals surface area contributed by atoms with Gasteiger partial charge in [0.05, 0.1) is 13.7 Å². The van der Waals surface area contributed by atoms with E-state index >= 15 is 0 Å². The Hall–Kier alpha value is -0.610. The number of nitrogens with two attached hydrogens (primary N) is 1. The minimum absolute atomic E-state index is 0.0121. The summed E-state index contributed by atoms with van der Waals surface area (Å²) >= 11 is 0. The smallest absolute Gasteiger partial charge is 0.305 e. The molecule has 12 heavy (non-hydrogen) atoms. The summed E-state index contributed by atoms with van der Waals surface area (Å²) in [5, 5.41) is 8.57. The van der Waals surface area contributed by atoms with E-state index in [1.165, 1.54) is 7.11 Å². The van der Waals surface area contributed by atoms with Crippen molar-refractivity contribution in [3.8, 4) is 0 Å². The number of carbonyl (C=O) groups is 1. The molecule has 0 aromatic heterocycles. The lowest BCUT2D eigenvalue weighted by Gasteiger charge is -2.06. The van der Waals surface area contributed by atoms with Gasteiger partial charge in [-0.1, -0.05) is 6.42 Å². The Morgan fingerprint density at radius 3 is 2.75 bits per heavy atom. The third-order valence-corrected chi connectivity index (χ3v) is 1.67. The molecule has 0 aromatic rings. The van der Waals surface area contributed by atoms with Crippen LogP contribution in [0.3, 0.4) is 0 Å². The van der Waals surface area contributed by atoms with E-state index in [0.29, 0.717) is 6.42 Å². The Morgan fingerprint density at radius 1 is 1.58 bits per heavy atom. The molecular weight excluding hydrogens is 158 g/mol. The number of esters is 1. The van der Waals surface area contributed by atoms with E-state index in [2.05, 4.69) is 4.74 Å². The number of aliphatic hydroxyl groups excluding tert-OH is 1. The highest BCUT2D eigenvalue weighted by Gasteiger charge is 2.02. The molecular formula is C8H17NO3. The van der Waals surface area contributed by atoms with Crippen molar-refractivity contribution in [2.24, 2.45) is 5.73 Å². The second-order valence-corrected chi connectivity index (χ2v) is 2.76. The van der Waals surface area contributed by atoms with Crippen LogP contribution in [0.1, 0.15) is 25.7 Å². The van der Waals surface area contributed by atoms with Crippen LogP contribution in [0.5, 0.6) is 0 Å². The Kier molecular flexibility index (Phi) is 6.70. The van der Waals surface area contributed by atoms with Gasteiger partial charge >= 0.3 is 5.97 Å². The molecule has 0 saturated heterocycles. The summed E-state index contributed by atoms with van der Waals surface area (Å²) in [5.74, 6) is -0.187. The van der Waals surface area contributed by atoms with Crippen molar-refractivity contribution >= 4 is 5.97 Å². The molecule has 0 saturated carbocycles. The summed E-state index contributed by atoms with van der Waals surface area (Å²) in [5.41, 5.74) is 5.46. The summed E-state index contributed by atoms with van der Waals surface area (Å²) in [6.45, 7) is 0.0121. The van der Waals surface area contributed by atoms with E-state index in [1.807, 2.05) is 0 Å². The molecule has 0 aliphatic heterocycles. The number of aliphatic hydroxyl groups is 1. The van der Waals surface area contributed by atoms with E-state index in [4.69, 9.17) is 10.8 Å². The maximum atomic E-state index is 10.6. The van der Waals surface area contributed by atoms with E-state index in [9.17, 15) is 4.79 Å². The largest absolute Gasteiger partial charge is 0.469 e. The molecule has 3 N–H and O–H groups in total. The molecule has 0 aliphatic rings. The number of carbonyl (C=O) groups excluding carboxylic acids is 1. The van der Waals surface area contributed by atoms with Gasteiger partial charge in [-0.3, -0.25) is 4.79 Å². The summed E-state index contributed by atoms with van der Waals surface area (Å²) < 4.78 is 4.46. The molecule has 0 aliphatic carbocycles. The predicted octanol–water partition coefficient (Wildman–Crippen LogP) is 0.0394. The second-order valence-electron chi connectivity index (χ2n) is 2.76. The van der Waals surface area contributed by atoms with Gasteiger partial charge in [0.1, 0.15) is 0 Å². The van der Waals surface area contributed by atoms with E-state index < -0.39 is 0 Å². The highest BCUT2D eigenvalue weighted by atomic mass is 16.5. The molecule has 4 nitrogen and oxygen atoms in total. The Bertz CT molecular complexity index is 127. The van der Waals surface area contributed by atoms with Gasteiger partial charge in [-0.05, 0) is 12.8 Å². The van der Waals surface area contributed by atoms with E-state index in [-0.39, 0.29) is 18.6 Å². The average Bonchev–Trinajstić information content (AvgIpc) is 2.11. The standard InChI is InChI=1S/C8H17NO3/c1-12-8(11)5-3-2-4-7(9)6-10/h7,10H,2-6,9H2,1H3. The summed E-state index contributed by atoms with van der Waals surface area (Å²) in [7, 11) is 1.38. The zero-order valence-electron chi connectivity index (χ0n) is 7.45. The lowest BCUT2D eigenvalue weighted by molar-refractivity contribution is -0.140. The van der Waals surface area contributed by atoms with Crippen LogP contribution in [0.4, 0.5) is 0 Å². The van der Waals surface area contributed by atoms with Crippen LogP contribution in [-0.4, -0.2) is 30.8 Å². The van der Waals surface area contributed by atoms with Crippen LogP contribution in [0, 0.1) is 0 Å². The topological polar surface area (TPSA) is 72.5 Å². The summed E-state index contributed by atoms with van der Waals surface area (Å²) in [6, 6.07) is -0.150. The van der Waals surface area contributed by atoms with Crippen LogP contribution < -0.4 is 5.73 Å². The Balaban J connectivity index is 3.15. The van der Waals surface area contributed by atoms with Crippen molar-refractivity contribution in [3.05, 3.63) is 0 Å². The highest BCUT2D eigenvalue weighted by molar-refractivity contribution is 5.68. The number of methoxy groups -OCH3 is 1. The fourth-order valence-electron chi connectivity index (χ4n) is 0.869. The van der Waals surface area contributed by atoms with Crippen LogP contribution in [-0.2, 0) is 9.53 Å². The van der Waals surface area contributed by atoms with E-state index in [1.54, 1.807) is 0 Å². The highest BCUT2D eigenvalue weighted by Crippen LogP contribution is 2.02. The van der Waals surface area contributed by atoms with Crippen LogP contribution >= 0.6 is 0 Å². The van der Waals surface area contributed by atoms with Gasteiger partial charge in [-0.2, -0.15) is 0 Å². The fraction of sp³-hybridized carbons (Fsp3) is 0.875. The second kappa shape index (κ2) is 7.06. The number of hydrogen-bond donors (Lipinski definition) is 2. The van der Waals surface area contributed by atoms with Crippen molar-refractivity contribution in [2.75, 3.05) is 13.7 Å². The molecule has 1 unspecified atom stereocenters. The first-order valence-electron chi connectivity index (χ1n) is 4.14. The van der Waals surface area contributed by atoms with Gasteiger partial charge in [-0.15, -0.1) is 0 Å². The SMILES string of the molecule is COC(=O)CCCCC(N)CO. The maximum Gasteiger partial charge on any atom is 0.305 e. The van der Waals surface area contributed by atoms with Crippen molar-refractivity contribution in [1.82, 2.24) is 0 Å². The molecule has 0 radical (unpaired) electrons. The molecule has 0 bridgehead atoms. The van der Waals surface area contributed by atoms with Gasteiger partial charge in [0, 0.05) is 12.5 Å². The van der Waals surface area contributed by atoms with Gasteiger partial charge in [0.15, 0.2) is 0 Å².